The Morgan fingerprint density at radius 3 is 2.33 bits per heavy atom. The van der Waals surface area contributed by atoms with Crippen LogP contribution in [-0.2, 0) is 13.2 Å². The number of anilines is 1. The molecule has 168 valence electrons. The van der Waals surface area contributed by atoms with E-state index in [1.54, 1.807) is 6.07 Å². The third kappa shape index (κ3) is 5.21. The van der Waals surface area contributed by atoms with E-state index in [0.29, 0.717) is 30.6 Å². The van der Waals surface area contributed by atoms with Gasteiger partial charge in [0.15, 0.2) is 0 Å². The third-order valence-corrected chi connectivity index (χ3v) is 5.75. The molecular weight excluding hydrogens is 419 g/mol. The van der Waals surface area contributed by atoms with Gasteiger partial charge in [-0.25, -0.2) is 4.39 Å². The maximum Gasteiger partial charge on any atom is 0.241 e. The van der Waals surface area contributed by atoms with Crippen molar-refractivity contribution in [2.45, 2.75) is 13.2 Å². The molecule has 1 aliphatic rings. The average Bonchev–Trinajstić information content (AvgIpc) is 3.33. The van der Waals surface area contributed by atoms with Crippen molar-refractivity contribution in [1.82, 2.24) is 15.0 Å². The van der Waals surface area contributed by atoms with E-state index < -0.39 is 0 Å². The SMILES string of the molecule is Fc1ccccc1N1CCN(Cc2nc(-c3ccc(OCc4ccccc4)cc3)no2)CC1. The maximum atomic E-state index is 14.0. The van der Waals surface area contributed by atoms with Crippen LogP contribution >= 0.6 is 0 Å². The summed E-state index contributed by atoms with van der Waals surface area (Å²) in [6, 6.07) is 24.7. The molecule has 0 amide bonds. The lowest BCUT2D eigenvalue weighted by molar-refractivity contribution is 0.215. The van der Waals surface area contributed by atoms with Crippen molar-refractivity contribution in [2.75, 3.05) is 31.1 Å². The van der Waals surface area contributed by atoms with Gasteiger partial charge < -0.3 is 14.2 Å². The molecule has 1 fully saturated rings. The van der Waals surface area contributed by atoms with E-state index >= 15 is 0 Å². The van der Waals surface area contributed by atoms with Crippen LogP contribution in [0.4, 0.5) is 10.1 Å². The molecule has 1 saturated heterocycles. The van der Waals surface area contributed by atoms with Crippen LogP contribution in [0.25, 0.3) is 11.4 Å². The number of hydrogen-bond donors (Lipinski definition) is 0. The quantitative estimate of drug-likeness (QED) is 0.409. The molecule has 0 radical (unpaired) electrons. The van der Waals surface area contributed by atoms with Crippen LogP contribution in [0.2, 0.25) is 0 Å². The minimum Gasteiger partial charge on any atom is -0.489 e. The predicted octanol–water partition coefficient (Wildman–Crippen LogP) is 4.78. The van der Waals surface area contributed by atoms with E-state index in [4.69, 9.17) is 9.26 Å². The van der Waals surface area contributed by atoms with Gasteiger partial charge in [-0.3, -0.25) is 4.90 Å². The molecule has 1 aromatic heterocycles. The summed E-state index contributed by atoms with van der Waals surface area (Å²) in [7, 11) is 0. The molecule has 33 heavy (non-hydrogen) atoms. The molecule has 0 N–H and O–H groups in total. The molecule has 4 aromatic rings. The smallest absolute Gasteiger partial charge is 0.241 e. The Labute approximate surface area is 192 Å². The molecule has 0 atom stereocenters. The van der Waals surface area contributed by atoms with Gasteiger partial charge in [-0.1, -0.05) is 47.6 Å². The van der Waals surface area contributed by atoms with Crippen LogP contribution in [-0.4, -0.2) is 41.2 Å². The molecule has 3 aromatic carbocycles. The van der Waals surface area contributed by atoms with Crippen molar-refractivity contribution in [3.63, 3.8) is 0 Å². The standard InChI is InChI=1S/C26H25FN4O2/c27-23-8-4-5-9-24(23)31-16-14-30(15-17-31)18-25-28-26(29-33-25)21-10-12-22(13-11-21)32-19-20-6-2-1-3-7-20/h1-13H,14-19H2. The molecule has 7 heteroatoms. The number of hydrogen-bond acceptors (Lipinski definition) is 6. The lowest BCUT2D eigenvalue weighted by atomic mass is 10.2. The number of rotatable bonds is 7. The second-order valence-corrected chi connectivity index (χ2v) is 8.02. The molecule has 1 aliphatic heterocycles. The van der Waals surface area contributed by atoms with Crippen molar-refractivity contribution in [1.29, 1.82) is 0 Å². The topological polar surface area (TPSA) is 54.6 Å². The fourth-order valence-corrected chi connectivity index (χ4v) is 3.92. The molecule has 0 saturated carbocycles. The highest BCUT2D eigenvalue weighted by Crippen LogP contribution is 2.23. The zero-order valence-electron chi connectivity index (χ0n) is 18.2. The van der Waals surface area contributed by atoms with Crippen molar-refractivity contribution in [2.24, 2.45) is 0 Å². The molecule has 2 heterocycles. The van der Waals surface area contributed by atoms with E-state index in [1.807, 2.05) is 66.7 Å². The minimum absolute atomic E-state index is 0.177. The van der Waals surface area contributed by atoms with Crippen LogP contribution in [0.1, 0.15) is 11.5 Å². The minimum atomic E-state index is -0.177. The van der Waals surface area contributed by atoms with Gasteiger partial charge in [0.05, 0.1) is 12.2 Å². The maximum absolute atomic E-state index is 14.0. The highest BCUT2D eigenvalue weighted by molar-refractivity contribution is 5.55. The molecule has 0 bridgehead atoms. The first-order valence-electron chi connectivity index (χ1n) is 11.1. The van der Waals surface area contributed by atoms with Crippen molar-refractivity contribution in [3.8, 4) is 17.1 Å². The monoisotopic (exact) mass is 444 g/mol. The van der Waals surface area contributed by atoms with Crippen molar-refractivity contribution >= 4 is 5.69 Å². The Balaban J connectivity index is 1.14. The summed E-state index contributed by atoms with van der Waals surface area (Å²) in [5, 5.41) is 4.14. The second kappa shape index (κ2) is 9.83. The molecule has 6 nitrogen and oxygen atoms in total. The van der Waals surface area contributed by atoms with Crippen LogP contribution < -0.4 is 9.64 Å². The Bertz CT molecular complexity index is 1170. The third-order valence-electron chi connectivity index (χ3n) is 5.75. The van der Waals surface area contributed by atoms with Crippen molar-refractivity contribution in [3.05, 3.63) is 96.1 Å². The molecule has 5 rings (SSSR count). The first-order chi connectivity index (χ1) is 16.2. The van der Waals surface area contributed by atoms with Gasteiger partial charge in [0, 0.05) is 31.7 Å². The number of benzene rings is 3. The molecule has 0 aliphatic carbocycles. The summed E-state index contributed by atoms with van der Waals surface area (Å²) >= 11 is 0. The Hall–Kier alpha value is -3.71. The second-order valence-electron chi connectivity index (χ2n) is 8.02. The van der Waals surface area contributed by atoms with Gasteiger partial charge >= 0.3 is 0 Å². The number of nitrogens with zero attached hydrogens (tertiary/aromatic N) is 4. The van der Waals surface area contributed by atoms with Gasteiger partial charge in [0.1, 0.15) is 18.2 Å². The van der Waals surface area contributed by atoms with Crippen LogP contribution in [0, 0.1) is 5.82 Å². The van der Waals surface area contributed by atoms with Gasteiger partial charge in [-0.05, 0) is 42.0 Å². The van der Waals surface area contributed by atoms with E-state index in [1.165, 1.54) is 6.07 Å². The van der Waals surface area contributed by atoms with E-state index in [9.17, 15) is 4.39 Å². The van der Waals surface area contributed by atoms with E-state index in [2.05, 4.69) is 19.9 Å². The summed E-state index contributed by atoms with van der Waals surface area (Å²) in [5.74, 6) is 1.75. The summed E-state index contributed by atoms with van der Waals surface area (Å²) in [4.78, 5) is 8.88. The van der Waals surface area contributed by atoms with Crippen LogP contribution in [0.5, 0.6) is 5.75 Å². The van der Waals surface area contributed by atoms with Gasteiger partial charge in [0.25, 0.3) is 0 Å². The highest BCUT2D eigenvalue weighted by Gasteiger charge is 2.21. The number of piperazine rings is 1. The normalized spacial score (nSPS) is 14.4. The van der Waals surface area contributed by atoms with Crippen LogP contribution in [0.15, 0.2) is 83.4 Å². The van der Waals surface area contributed by atoms with Crippen molar-refractivity contribution < 1.29 is 13.7 Å². The molecule has 0 unspecified atom stereocenters. The lowest BCUT2D eigenvalue weighted by Gasteiger charge is -2.35. The van der Waals surface area contributed by atoms with Gasteiger partial charge in [-0.15, -0.1) is 0 Å². The number of aromatic nitrogens is 2. The summed E-state index contributed by atoms with van der Waals surface area (Å²) in [6.07, 6.45) is 0. The van der Waals surface area contributed by atoms with Gasteiger partial charge in [-0.2, -0.15) is 4.98 Å². The van der Waals surface area contributed by atoms with E-state index in [-0.39, 0.29) is 5.82 Å². The summed E-state index contributed by atoms with van der Waals surface area (Å²) < 4.78 is 25.4. The Morgan fingerprint density at radius 2 is 1.58 bits per heavy atom. The largest absolute Gasteiger partial charge is 0.489 e. The van der Waals surface area contributed by atoms with E-state index in [0.717, 1.165) is 43.1 Å². The van der Waals surface area contributed by atoms with Crippen LogP contribution in [0.3, 0.4) is 0 Å². The zero-order chi connectivity index (χ0) is 22.5. The number of ether oxygens (including phenoxy) is 1. The number of halogens is 1. The highest BCUT2D eigenvalue weighted by atomic mass is 19.1. The fourth-order valence-electron chi connectivity index (χ4n) is 3.92. The Kier molecular flexibility index (Phi) is 6.30. The zero-order valence-corrected chi connectivity index (χ0v) is 18.2. The first kappa shape index (κ1) is 21.2. The molecule has 0 spiro atoms. The lowest BCUT2D eigenvalue weighted by Crippen LogP contribution is -2.46. The Morgan fingerprint density at radius 1 is 0.848 bits per heavy atom. The number of para-hydroxylation sites is 1. The first-order valence-corrected chi connectivity index (χ1v) is 11.1. The fraction of sp³-hybridized carbons (Fsp3) is 0.231. The molecular formula is C26H25FN4O2. The average molecular weight is 445 g/mol. The summed E-state index contributed by atoms with van der Waals surface area (Å²) in [5.41, 5.74) is 2.66. The summed E-state index contributed by atoms with van der Waals surface area (Å²) in [6.45, 7) is 4.23. The van der Waals surface area contributed by atoms with Gasteiger partial charge in [0.2, 0.25) is 11.7 Å². The predicted molar refractivity (Wildman–Crippen MR) is 124 cm³/mol.